The molecule has 0 spiro atoms. The van der Waals surface area contributed by atoms with E-state index in [0.29, 0.717) is 0 Å². The third-order valence-corrected chi connectivity index (χ3v) is 5.77. The van der Waals surface area contributed by atoms with E-state index in [1.165, 1.54) is 11.3 Å². The predicted molar refractivity (Wildman–Crippen MR) is 109 cm³/mol. The van der Waals surface area contributed by atoms with E-state index >= 15 is 0 Å². The minimum atomic E-state index is 0.733. The molecule has 6 nitrogen and oxygen atoms in total. The minimum absolute atomic E-state index is 0.733. The molecule has 0 aliphatic heterocycles. The van der Waals surface area contributed by atoms with Crippen molar-refractivity contribution in [2.75, 3.05) is 12.4 Å². The van der Waals surface area contributed by atoms with E-state index in [9.17, 15) is 0 Å². The summed E-state index contributed by atoms with van der Waals surface area (Å²) >= 11 is 3.13. The molecule has 2 aromatic heterocycles. The van der Waals surface area contributed by atoms with Crippen LogP contribution in [0.25, 0.3) is 5.69 Å². The minimum Gasteiger partial charge on any atom is -0.495 e. The summed E-state index contributed by atoms with van der Waals surface area (Å²) in [6, 6.07) is 19.8. The number of nitrogens with one attached hydrogen (secondary N) is 1. The normalized spacial score (nSPS) is 10.7. The first kappa shape index (κ1) is 17.6. The second kappa shape index (κ2) is 8.24. The maximum Gasteiger partial charge on any atom is 0.210 e. The molecule has 0 radical (unpaired) electrons. The van der Waals surface area contributed by atoms with Crippen LogP contribution in [0.15, 0.2) is 71.2 Å². The quantitative estimate of drug-likeness (QED) is 0.455. The summed E-state index contributed by atoms with van der Waals surface area (Å²) in [6.45, 7) is 0. The zero-order chi connectivity index (χ0) is 18.5. The highest BCUT2D eigenvalue weighted by molar-refractivity contribution is 8.00. The van der Waals surface area contributed by atoms with E-state index in [4.69, 9.17) is 4.74 Å². The monoisotopic (exact) mass is 395 g/mol. The highest BCUT2D eigenvalue weighted by atomic mass is 32.2. The second-order valence-electron chi connectivity index (χ2n) is 5.57. The van der Waals surface area contributed by atoms with Crippen LogP contribution in [-0.4, -0.2) is 27.1 Å². The molecule has 1 N–H and O–H groups in total. The van der Waals surface area contributed by atoms with Crippen molar-refractivity contribution in [2.45, 2.75) is 10.1 Å². The van der Waals surface area contributed by atoms with Crippen molar-refractivity contribution in [3.8, 4) is 11.4 Å². The number of para-hydroxylation sites is 3. The summed E-state index contributed by atoms with van der Waals surface area (Å²) in [4.78, 5) is 0. The lowest BCUT2D eigenvalue weighted by atomic mass is 10.3. The average molecular weight is 396 g/mol. The van der Waals surface area contributed by atoms with Gasteiger partial charge in [0.05, 0.1) is 24.2 Å². The SMILES string of the molecule is COc1ccccc1Nc1nnc(SCc2ccn(-c3ccccc3)n2)s1. The van der Waals surface area contributed by atoms with Gasteiger partial charge in [-0.1, -0.05) is 53.4 Å². The zero-order valence-corrected chi connectivity index (χ0v) is 16.2. The van der Waals surface area contributed by atoms with Gasteiger partial charge in [-0.3, -0.25) is 0 Å². The lowest BCUT2D eigenvalue weighted by Gasteiger charge is -2.07. The number of hydrogen-bond acceptors (Lipinski definition) is 7. The maximum absolute atomic E-state index is 5.35. The molecule has 0 aliphatic carbocycles. The number of thioether (sulfide) groups is 1. The molecule has 0 aliphatic rings. The Morgan fingerprint density at radius 1 is 1.04 bits per heavy atom. The van der Waals surface area contributed by atoms with Crippen LogP contribution >= 0.6 is 23.1 Å². The molecule has 4 aromatic rings. The first-order valence-corrected chi connectivity index (χ1v) is 10.1. The smallest absolute Gasteiger partial charge is 0.210 e. The number of nitrogens with zero attached hydrogens (tertiary/aromatic N) is 4. The standard InChI is InChI=1S/C19H17N5OS2/c1-25-17-10-6-5-9-16(17)20-18-21-22-19(27-18)26-13-14-11-12-24(23-14)15-7-3-2-4-8-15/h2-12H,13H2,1H3,(H,20,21). The van der Waals surface area contributed by atoms with Gasteiger partial charge in [0.2, 0.25) is 5.13 Å². The van der Waals surface area contributed by atoms with Crippen LogP contribution < -0.4 is 10.1 Å². The van der Waals surface area contributed by atoms with Crippen molar-refractivity contribution in [3.05, 3.63) is 72.6 Å². The van der Waals surface area contributed by atoms with Crippen LogP contribution in [0.2, 0.25) is 0 Å². The molecule has 0 amide bonds. The van der Waals surface area contributed by atoms with E-state index in [-0.39, 0.29) is 0 Å². The topological polar surface area (TPSA) is 64.9 Å². The summed E-state index contributed by atoms with van der Waals surface area (Å²) < 4.78 is 8.12. The third-order valence-electron chi connectivity index (χ3n) is 3.76. The molecule has 0 bridgehead atoms. The van der Waals surface area contributed by atoms with Crippen molar-refractivity contribution < 1.29 is 4.74 Å². The molecule has 0 fully saturated rings. The summed E-state index contributed by atoms with van der Waals surface area (Å²) in [5.41, 5.74) is 2.92. The van der Waals surface area contributed by atoms with Crippen LogP contribution in [0.5, 0.6) is 5.75 Å². The first-order valence-electron chi connectivity index (χ1n) is 8.28. The van der Waals surface area contributed by atoms with Gasteiger partial charge >= 0.3 is 0 Å². The first-order chi connectivity index (χ1) is 13.3. The number of rotatable bonds is 7. The fourth-order valence-electron chi connectivity index (χ4n) is 2.48. The van der Waals surface area contributed by atoms with Gasteiger partial charge in [0.1, 0.15) is 5.75 Å². The van der Waals surface area contributed by atoms with Gasteiger partial charge in [-0.25, -0.2) is 4.68 Å². The Hall–Kier alpha value is -2.84. The fraction of sp³-hybridized carbons (Fsp3) is 0.105. The molecule has 0 saturated carbocycles. The average Bonchev–Trinajstić information content (AvgIpc) is 3.37. The Morgan fingerprint density at radius 3 is 2.70 bits per heavy atom. The van der Waals surface area contributed by atoms with E-state index < -0.39 is 0 Å². The van der Waals surface area contributed by atoms with Crippen LogP contribution in [0.1, 0.15) is 5.69 Å². The number of hydrogen-bond donors (Lipinski definition) is 1. The van der Waals surface area contributed by atoms with Crippen molar-refractivity contribution in [1.82, 2.24) is 20.0 Å². The lowest BCUT2D eigenvalue weighted by molar-refractivity contribution is 0.417. The number of methoxy groups -OCH3 is 1. The van der Waals surface area contributed by atoms with Crippen molar-refractivity contribution in [3.63, 3.8) is 0 Å². The number of aromatic nitrogens is 4. The molecule has 136 valence electrons. The highest BCUT2D eigenvalue weighted by Gasteiger charge is 2.09. The Bertz CT molecular complexity index is 1020. The molecule has 0 unspecified atom stereocenters. The molecule has 4 rings (SSSR count). The van der Waals surface area contributed by atoms with E-state index in [1.54, 1.807) is 18.9 Å². The van der Waals surface area contributed by atoms with E-state index in [2.05, 4.69) is 20.6 Å². The molecule has 8 heteroatoms. The van der Waals surface area contributed by atoms with Crippen molar-refractivity contribution in [1.29, 1.82) is 0 Å². The maximum atomic E-state index is 5.35. The van der Waals surface area contributed by atoms with Crippen LogP contribution in [0.4, 0.5) is 10.8 Å². The Labute approximate surface area is 165 Å². The number of ether oxygens (including phenoxy) is 1. The Morgan fingerprint density at radius 2 is 1.85 bits per heavy atom. The van der Waals surface area contributed by atoms with Gasteiger partial charge in [-0.15, -0.1) is 10.2 Å². The summed E-state index contributed by atoms with van der Waals surface area (Å²) in [7, 11) is 1.65. The highest BCUT2D eigenvalue weighted by Crippen LogP contribution is 2.32. The summed E-state index contributed by atoms with van der Waals surface area (Å²) in [6.07, 6.45) is 1.97. The van der Waals surface area contributed by atoms with E-state index in [1.807, 2.05) is 71.5 Å². The Kier molecular flexibility index (Phi) is 5.36. The molecule has 2 heterocycles. The van der Waals surface area contributed by atoms with Gasteiger partial charge in [0.15, 0.2) is 4.34 Å². The van der Waals surface area contributed by atoms with Crippen molar-refractivity contribution in [2.24, 2.45) is 0 Å². The molecular formula is C19H17N5OS2. The molecule has 0 atom stereocenters. The van der Waals surface area contributed by atoms with Gasteiger partial charge in [-0.05, 0) is 30.3 Å². The lowest BCUT2D eigenvalue weighted by Crippen LogP contribution is -1.94. The number of benzene rings is 2. The largest absolute Gasteiger partial charge is 0.495 e. The zero-order valence-electron chi connectivity index (χ0n) is 14.6. The molecule has 0 saturated heterocycles. The van der Waals surface area contributed by atoms with Crippen LogP contribution in [0, 0.1) is 0 Å². The van der Waals surface area contributed by atoms with Gasteiger partial charge < -0.3 is 10.1 Å². The van der Waals surface area contributed by atoms with Gasteiger partial charge in [-0.2, -0.15) is 5.10 Å². The van der Waals surface area contributed by atoms with Crippen LogP contribution in [-0.2, 0) is 5.75 Å². The molecule has 27 heavy (non-hydrogen) atoms. The summed E-state index contributed by atoms with van der Waals surface area (Å²) in [5.74, 6) is 1.51. The fourth-order valence-corrected chi connectivity index (χ4v) is 4.14. The third kappa shape index (κ3) is 4.29. The summed E-state index contributed by atoms with van der Waals surface area (Å²) in [5, 5.41) is 17.0. The van der Waals surface area contributed by atoms with Crippen molar-refractivity contribution >= 4 is 33.9 Å². The number of anilines is 2. The molecular weight excluding hydrogens is 378 g/mol. The Balaban J connectivity index is 1.38. The molecule has 2 aromatic carbocycles. The van der Waals surface area contributed by atoms with Gasteiger partial charge in [0.25, 0.3) is 0 Å². The predicted octanol–water partition coefficient (Wildman–Crippen LogP) is 4.77. The van der Waals surface area contributed by atoms with Crippen LogP contribution in [0.3, 0.4) is 0 Å². The second-order valence-corrected chi connectivity index (χ2v) is 7.77. The van der Waals surface area contributed by atoms with E-state index in [0.717, 1.165) is 38.0 Å². The van der Waals surface area contributed by atoms with Gasteiger partial charge in [0, 0.05) is 11.9 Å².